The molecule has 7 heteroatoms. The van der Waals surface area contributed by atoms with Gasteiger partial charge in [-0.05, 0) is 60.8 Å². The summed E-state index contributed by atoms with van der Waals surface area (Å²) in [5.74, 6) is -0.140. The lowest BCUT2D eigenvalue weighted by Gasteiger charge is -2.35. The first-order valence-electron chi connectivity index (χ1n) is 8.49. The molecule has 0 spiro atoms. The molecule has 0 amide bonds. The standard InChI is InChI=1S/C18H23F3N2O2/c1-25-16(24)12-3-2-11-7-14-4-5-15(8-13(11)6-12)17(14,22)9-23-10-18(19,20)21/h2-3,6,14-15,23H,4-5,7-10,22H2,1H3/t14-,15+,17+/m0/s1. The number of hydrogen-bond donors (Lipinski definition) is 2. The summed E-state index contributed by atoms with van der Waals surface area (Å²) in [6.45, 7) is -0.871. The summed E-state index contributed by atoms with van der Waals surface area (Å²) >= 11 is 0. The summed E-state index contributed by atoms with van der Waals surface area (Å²) in [6.07, 6.45) is -0.999. The molecule has 0 saturated heterocycles. The minimum absolute atomic E-state index is 0.104. The Bertz CT molecular complexity index is 662. The predicted molar refractivity (Wildman–Crippen MR) is 87.2 cm³/mol. The third kappa shape index (κ3) is 3.67. The summed E-state index contributed by atoms with van der Waals surface area (Å²) < 4.78 is 42.1. The maximum Gasteiger partial charge on any atom is 0.401 e. The van der Waals surface area contributed by atoms with Crippen molar-refractivity contribution in [2.24, 2.45) is 17.6 Å². The molecule has 0 unspecified atom stereocenters. The number of carbonyl (C=O) groups is 1. The highest BCUT2D eigenvalue weighted by Crippen LogP contribution is 2.45. The quantitative estimate of drug-likeness (QED) is 0.814. The van der Waals surface area contributed by atoms with Gasteiger partial charge in [0, 0.05) is 12.1 Å². The van der Waals surface area contributed by atoms with Crippen LogP contribution in [0, 0.1) is 11.8 Å². The molecule has 138 valence electrons. The molecule has 0 heterocycles. The van der Waals surface area contributed by atoms with Crippen molar-refractivity contribution < 1.29 is 22.7 Å². The highest BCUT2D eigenvalue weighted by Gasteiger charge is 2.49. The van der Waals surface area contributed by atoms with Gasteiger partial charge in [0.25, 0.3) is 0 Å². The lowest BCUT2D eigenvalue weighted by molar-refractivity contribution is -0.125. The average Bonchev–Trinajstić information content (AvgIpc) is 2.75. The first-order valence-corrected chi connectivity index (χ1v) is 8.49. The van der Waals surface area contributed by atoms with E-state index in [-0.39, 0.29) is 24.3 Å². The van der Waals surface area contributed by atoms with E-state index in [9.17, 15) is 18.0 Å². The Morgan fingerprint density at radius 3 is 2.52 bits per heavy atom. The molecule has 1 fully saturated rings. The van der Waals surface area contributed by atoms with Crippen LogP contribution in [0.5, 0.6) is 0 Å². The van der Waals surface area contributed by atoms with E-state index in [0.717, 1.165) is 30.4 Å². The van der Waals surface area contributed by atoms with Gasteiger partial charge in [-0.25, -0.2) is 4.79 Å². The Hall–Kier alpha value is -1.60. The molecule has 0 radical (unpaired) electrons. The van der Waals surface area contributed by atoms with Crippen LogP contribution in [-0.2, 0) is 17.6 Å². The van der Waals surface area contributed by atoms with Gasteiger partial charge in [-0.15, -0.1) is 0 Å². The fourth-order valence-corrected chi connectivity index (χ4v) is 4.36. The van der Waals surface area contributed by atoms with E-state index < -0.39 is 18.3 Å². The number of nitrogens with one attached hydrogen (secondary N) is 1. The molecule has 1 aromatic rings. The predicted octanol–water partition coefficient (Wildman–Crippen LogP) is 2.45. The van der Waals surface area contributed by atoms with Crippen LogP contribution < -0.4 is 11.1 Å². The maximum atomic E-state index is 12.4. The Morgan fingerprint density at radius 2 is 1.92 bits per heavy atom. The summed E-state index contributed by atoms with van der Waals surface area (Å²) in [5, 5.41) is 2.51. The van der Waals surface area contributed by atoms with Gasteiger partial charge in [0.2, 0.25) is 0 Å². The topological polar surface area (TPSA) is 64.3 Å². The zero-order valence-corrected chi connectivity index (χ0v) is 14.2. The van der Waals surface area contributed by atoms with E-state index in [1.165, 1.54) is 7.11 Å². The Kier molecular flexibility index (Phi) is 4.81. The second-order valence-corrected chi connectivity index (χ2v) is 7.19. The Labute approximate surface area is 144 Å². The Balaban J connectivity index is 1.79. The molecule has 1 saturated carbocycles. The van der Waals surface area contributed by atoms with E-state index in [0.29, 0.717) is 12.0 Å². The highest BCUT2D eigenvalue weighted by atomic mass is 19.4. The van der Waals surface area contributed by atoms with Crippen LogP contribution >= 0.6 is 0 Å². The summed E-state index contributed by atoms with van der Waals surface area (Å²) in [7, 11) is 1.34. The van der Waals surface area contributed by atoms with Crippen LogP contribution in [0.1, 0.15) is 34.3 Å². The van der Waals surface area contributed by atoms with Crippen LogP contribution in [-0.4, -0.2) is 37.9 Å². The molecule has 2 aliphatic rings. The lowest BCUT2D eigenvalue weighted by Crippen LogP contribution is -2.57. The number of benzene rings is 1. The van der Waals surface area contributed by atoms with Crippen molar-refractivity contribution in [1.29, 1.82) is 0 Å². The van der Waals surface area contributed by atoms with Crippen molar-refractivity contribution in [1.82, 2.24) is 5.32 Å². The monoisotopic (exact) mass is 356 g/mol. The zero-order valence-electron chi connectivity index (χ0n) is 14.2. The van der Waals surface area contributed by atoms with E-state index in [2.05, 4.69) is 5.32 Å². The van der Waals surface area contributed by atoms with Gasteiger partial charge >= 0.3 is 12.1 Å². The molecule has 3 atom stereocenters. The zero-order chi connectivity index (χ0) is 18.2. The minimum Gasteiger partial charge on any atom is -0.465 e. The van der Waals surface area contributed by atoms with Crippen molar-refractivity contribution >= 4 is 5.97 Å². The minimum atomic E-state index is -4.24. The van der Waals surface area contributed by atoms with E-state index in [4.69, 9.17) is 10.5 Å². The molecular weight excluding hydrogens is 333 g/mol. The second-order valence-electron chi connectivity index (χ2n) is 7.19. The molecule has 0 aliphatic heterocycles. The molecule has 4 nitrogen and oxygen atoms in total. The number of fused-ring (bicyclic) bond motifs is 3. The van der Waals surface area contributed by atoms with Crippen molar-refractivity contribution in [2.75, 3.05) is 20.2 Å². The van der Waals surface area contributed by atoms with Gasteiger partial charge in [-0.2, -0.15) is 13.2 Å². The normalized spacial score (nSPS) is 28.4. The van der Waals surface area contributed by atoms with Crippen LogP contribution in [0.2, 0.25) is 0 Å². The fourth-order valence-electron chi connectivity index (χ4n) is 4.36. The van der Waals surface area contributed by atoms with E-state index in [1.54, 1.807) is 6.07 Å². The average molecular weight is 356 g/mol. The fraction of sp³-hybridized carbons (Fsp3) is 0.611. The number of esters is 1. The van der Waals surface area contributed by atoms with Crippen molar-refractivity contribution in [3.8, 4) is 0 Å². The van der Waals surface area contributed by atoms with E-state index >= 15 is 0 Å². The number of hydrogen-bond acceptors (Lipinski definition) is 4. The summed E-state index contributed by atoms with van der Waals surface area (Å²) in [6, 6.07) is 5.50. The third-order valence-electron chi connectivity index (χ3n) is 5.70. The number of carbonyl (C=O) groups excluding carboxylic acids is 1. The molecule has 3 N–H and O–H groups in total. The number of ether oxygens (including phenoxy) is 1. The number of nitrogens with two attached hydrogens (primary N) is 1. The Morgan fingerprint density at radius 1 is 1.28 bits per heavy atom. The van der Waals surface area contributed by atoms with E-state index in [1.807, 2.05) is 12.1 Å². The maximum absolute atomic E-state index is 12.4. The van der Waals surface area contributed by atoms with Gasteiger partial charge in [0.15, 0.2) is 0 Å². The lowest BCUT2D eigenvalue weighted by atomic mass is 9.79. The van der Waals surface area contributed by atoms with Crippen molar-refractivity contribution in [2.45, 2.75) is 37.4 Å². The summed E-state index contributed by atoms with van der Waals surface area (Å²) in [5.41, 5.74) is 8.65. The number of alkyl halides is 3. The smallest absolute Gasteiger partial charge is 0.401 e. The van der Waals surface area contributed by atoms with Crippen LogP contribution in [0.15, 0.2) is 18.2 Å². The van der Waals surface area contributed by atoms with Gasteiger partial charge in [0.1, 0.15) is 0 Å². The van der Waals surface area contributed by atoms with Crippen molar-refractivity contribution in [3.63, 3.8) is 0 Å². The molecule has 2 bridgehead atoms. The SMILES string of the molecule is COC(=O)c1ccc2c(c1)C[C@H]1CC[C@@H](C2)[C@]1(N)CNCC(F)(F)F. The van der Waals surface area contributed by atoms with Gasteiger partial charge in [-0.1, -0.05) is 6.07 Å². The highest BCUT2D eigenvalue weighted by molar-refractivity contribution is 5.89. The number of halogens is 3. The first kappa shape index (κ1) is 18.2. The molecule has 25 heavy (non-hydrogen) atoms. The molecule has 1 aromatic carbocycles. The van der Waals surface area contributed by atoms with Gasteiger partial charge in [-0.3, -0.25) is 0 Å². The molecule has 2 aliphatic carbocycles. The largest absolute Gasteiger partial charge is 0.465 e. The number of methoxy groups -OCH3 is 1. The molecular formula is C18H23F3N2O2. The van der Waals surface area contributed by atoms with Gasteiger partial charge in [0.05, 0.1) is 19.2 Å². The van der Waals surface area contributed by atoms with Crippen LogP contribution in [0.3, 0.4) is 0 Å². The van der Waals surface area contributed by atoms with Gasteiger partial charge < -0.3 is 15.8 Å². The van der Waals surface area contributed by atoms with Crippen LogP contribution in [0.25, 0.3) is 0 Å². The third-order valence-corrected chi connectivity index (χ3v) is 5.70. The first-order chi connectivity index (χ1) is 11.7. The van der Waals surface area contributed by atoms with Crippen LogP contribution in [0.4, 0.5) is 13.2 Å². The molecule has 3 rings (SSSR count). The van der Waals surface area contributed by atoms with Crippen molar-refractivity contribution in [3.05, 3.63) is 34.9 Å². The number of rotatable bonds is 4. The molecule has 0 aromatic heterocycles. The summed E-state index contributed by atoms with van der Waals surface area (Å²) in [4.78, 5) is 11.7. The second kappa shape index (κ2) is 6.61.